The van der Waals surface area contributed by atoms with Gasteiger partial charge in [-0.15, -0.1) is 0 Å². The van der Waals surface area contributed by atoms with Crippen LogP contribution in [-0.2, 0) is 16.1 Å². The van der Waals surface area contributed by atoms with E-state index < -0.39 is 11.8 Å². The first-order valence-corrected chi connectivity index (χ1v) is 9.44. The third-order valence-corrected chi connectivity index (χ3v) is 4.75. The molecule has 0 radical (unpaired) electrons. The Bertz CT molecular complexity index is 1250. The summed E-state index contributed by atoms with van der Waals surface area (Å²) in [5.74, 6) is -0.151. The van der Waals surface area contributed by atoms with E-state index in [1.807, 2.05) is 0 Å². The van der Waals surface area contributed by atoms with Crippen LogP contribution in [0.5, 0.6) is 11.5 Å². The summed E-state index contributed by atoms with van der Waals surface area (Å²) in [5.41, 5.74) is 2.03. The molecule has 0 saturated carbocycles. The van der Waals surface area contributed by atoms with Crippen LogP contribution in [0.1, 0.15) is 22.5 Å². The summed E-state index contributed by atoms with van der Waals surface area (Å²) in [6.45, 7) is 5.36. The van der Waals surface area contributed by atoms with Crippen molar-refractivity contribution in [3.05, 3.63) is 57.1 Å². The summed E-state index contributed by atoms with van der Waals surface area (Å²) >= 11 is 0. The molecule has 4 rings (SSSR count). The fourth-order valence-corrected chi connectivity index (χ4v) is 2.97. The second-order valence-electron chi connectivity index (χ2n) is 7.01. The minimum Gasteiger partial charge on any atom is -0.454 e. The van der Waals surface area contributed by atoms with E-state index in [4.69, 9.17) is 9.47 Å². The largest absolute Gasteiger partial charge is 0.454 e. The second kappa shape index (κ2) is 7.94. The molecule has 160 valence electrons. The summed E-state index contributed by atoms with van der Waals surface area (Å²) < 4.78 is 11.8. The second-order valence-corrected chi connectivity index (χ2v) is 7.01. The summed E-state index contributed by atoms with van der Waals surface area (Å²) in [5, 5.41) is 9.30. The Balaban J connectivity index is 1.46. The quantitative estimate of drug-likeness (QED) is 0.528. The van der Waals surface area contributed by atoms with E-state index in [1.54, 1.807) is 45.0 Å². The van der Waals surface area contributed by atoms with Gasteiger partial charge >= 0.3 is 11.8 Å². The molecule has 31 heavy (non-hydrogen) atoms. The van der Waals surface area contributed by atoms with Gasteiger partial charge in [0.05, 0.1) is 5.69 Å². The van der Waals surface area contributed by atoms with E-state index in [-0.39, 0.29) is 30.7 Å². The number of benzene rings is 1. The number of aromatic amines is 1. The number of nitrogens with zero attached hydrogens (tertiary/aromatic N) is 3. The highest BCUT2D eigenvalue weighted by molar-refractivity contribution is 6.39. The summed E-state index contributed by atoms with van der Waals surface area (Å²) in [4.78, 5) is 43.7. The number of carbonyl (C=O) groups excluding carboxylic acids is 2. The number of ether oxygens (including phenoxy) is 2. The average Bonchev–Trinajstić information content (AvgIpc) is 3.35. The molecular formula is C20H20N6O5. The van der Waals surface area contributed by atoms with Crippen LogP contribution in [0.3, 0.4) is 0 Å². The minimum atomic E-state index is -0.881. The fourth-order valence-electron chi connectivity index (χ4n) is 2.97. The van der Waals surface area contributed by atoms with E-state index in [0.29, 0.717) is 28.5 Å². The predicted molar refractivity (Wildman–Crippen MR) is 109 cm³/mol. The first kappa shape index (κ1) is 20.1. The average molecular weight is 424 g/mol. The molecule has 0 bridgehead atoms. The molecule has 11 nitrogen and oxygen atoms in total. The van der Waals surface area contributed by atoms with Crippen molar-refractivity contribution in [1.82, 2.24) is 25.1 Å². The standard InChI is InChI=1S/C20H20N6O5/c1-10-6-16(26(25-10)20-22-12(3)11(2)17(27)24-20)23-19(29)18(28)21-8-13-4-5-14-15(7-13)31-9-30-14/h4-7H,8-9H2,1-3H3,(H,21,28)(H,23,29)(H,22,24,27). The van der Waals surface area contributed by atoms with Crippen molar-refractivity contribution in [1.29, 1.82) is 0 Å². The van der Waals surface area contributed by atoms with Gasteiger partial charge in [-0.3, -0.25) is 19.4 Å². The van der Waals surface area contributed by atoms with Gasteiger partial charge in [-0.1, -0.05) is 6.07 Å². The van der Waals surface area contributed by atoms with Crippen LogP contribution in [-0.4, -0.2) is 38.4 Å². The number of H-pyrrole nitrogens is 1. The monoisotopic (exact) mass is 424 g/mol. The van der Waals surface area contributed by atoms with Crippen molar-refractivity contribution in [2.45, 2.75) is 27.3 Å². The summed E-state index contributed by atoms with van der Waals surface area (Å²) in [6, 6.07) is 6.81. The first-order valence-electron chi connectivity index (χ1n) is 9.44. The number of fused-ring (bicyclic) bond motifs is 1. The maximum Gasteiger partial charge on any atom is 0.314 e. The number of rotatable bonds is 4. The van der Waals surface area contributed by atoms with Crippen LogP contribution in [0, 0.1) is 20.8 Å². The zero-order chi connectivity index (χ0) is 22.1. The van der Waals surface area contributed by atoms with Gasteiger partial charge in [0.1, 0.15) is 5.82 Å². The Hall–Kier alpha value is -4.15. The normalized spacial score (nSPS) is 12.0. The zero-order valence-corrected chi connectivity index (χ0v) is 17.1. The van der Waals surface area contributed by atoms with Crippen molar-refractivity contribution >= 4 is 17.6 Å². The Labute approximate surface area is 176 Å². The molecule has 1 aromatic carbocycles. The molecule has 2 amide bonds. The lowest BCUT2D eigenvalue weighted by molar-refractivity contribution is -0.136. The topological polar surface area (TPSA) is 140 Å². The van der Waals surface area contributed by atoms with E-state index in [9.17, 15) is 14.4 Å². The minimum absolute atomic E-state index is 0.132. The van der Waals surface area contributed by atoms with Crippen molar-refractivity contribution in [3.63, 3.8) is 0 Å². The number of hydrogen-bond donors (Lipinski definition) is 3. The van der Waals surface area contributed by atoms with Crippen molar-refractivity contribution in [3.8, 4) is 17.4 Å². The molecule has 0 saturated heterocycles. The van der Waals surface area contributed by atoms with E-state index in [1.165, 1.54) is 4.68 Å². The number of hydrogen-bond acceptors (Lipinski definition) is 7. The Morgan fingerprint density at radius 3 is 2.68 bits per heavy atom. The number of amides is 2. The van der Waals surface area contributed by atoms with Gasteiger partial charge in [0.2, 0.25) is 12.7 Å². The van der Waals surface area contributed by atoms with Crippen LogP contribution < -0.4 is 25.7 Å². The molecule has 0 fully saturated rings. The molecule has 11 heteroatoms. The molecule has 0 spiro atoms. The Morgan fingerprint density at radius 1 is 1.13 bits per heavy atom. The molecule has 3 aromatic rings. The molecule has 1 aliphatic heterocycles. The molecule has 0 atom stereocenters. The maximum atomic E-state index is 12.4. The fraction of sp³-hybridized carbons (Fsp3) is 0.250. The van der Waals surface area contributed by atoms with Gasteiger partial charge in [0.25, 0.3) is 5.56 Å². The highest BCUT2D eigenvalue weighted by Crippen LogP contribution is 2.32. The molecule has 3 heterocycles. The SMILES string of the molecule is Cc1cc(NC(=O)C(=O)NCc2ccc3c(c2)OCO3)n(-c2nc(C)c(C)c(=O)[nH]2)n1. The van der Waals surface area contributed by atoms with E-state index in [0.717, 1.165) is 5.56 Å². The van der Waals surface area contributed by atoms with Gasteiger partial charge in [-0.25, -0.2) is 4.98 Å². The van der Waals surface area contributed by atoms with Crippen molar-refractivity contribution < 1.29 is 19.1 Å². The Kier molecular flexibility index (Phi) is 5.15. The molecule has 3 N–H and O–H groups in total. The van der Waals surface area contributed by atoms with Gasteiger partial charge in [0, 0.05) is 23.9 Å². The number of aromatic nitrogens is 4. The molecule has 0 unspecified atom stereocenters. The highest BCUT2D eigenvalue weighted by atomic mass is 16.7. The van der Waals surface area contributed by atoms with Gasteiger partial charge in [-0.2, -0.15) is 9.78 Å². The smallest absolute Gasteiger partial charge is 0.314 e. The van der Waals surface area contributed by atoms with Crippen LogP contribution in [0.4, 0.5) is 5.82 Å². The van der Waals surface area contributed by atoms with Crippen LogP contribution >= 0.6 is 0 Å². The van der Waals surface area contributed by atoms with Crippen LogP contribution in [0.2, 0.25) is 0 Å². The van der Waals surface area contributed by atoms with Crippen molar-refractivity contribution in [2.75, 3.05) is 12.1 Å². The third kappa shape index (κ3) is 4.10. The highest BCUT2D eigenvalue weighted by Gasteiger charge is 2.19. The van der Waals surface area contributed by atoms with Gasteiger partial charge < -0.3 is 20.1 Å². The molecule has 0 aliphatic carbocycles. The van der Waals surface area contributed by atoms with Crippen LogP contribution in [0.25, 0.3) is 5.95 Å². The summed E-state index contributed by atoms with van der Waals surface area (Å²) in [6.07, 6.45) is 0. The van der Waals surface area contributed by atoms with Gasteiger partial charge in [-0.05, 0) is 38.5 Å². The third-order valence-electron chi connectivity index (χ3n) is 4.75. The number of nitrogens with one attached hydrogen (secondary N) is 3. The number of aryl methyl sites for hydroxylation is 2. The first-order chi connectivity index (χ1) is 14.8. The lowest BCUT2D eigenvalue weighted by atomic mass is 10.2. The Morgan fingerprint density at radius 2 is 1.90 bits per heavy atom. The molecule has 1 aliphatic rings. The lowest BCUT2D eigenvalue weighted by Gasteiger charge is -2.10. The predicted octanol–water partition coefficient (Wildman–Crippen LogP) is 0.864. The molecule has 2 aromatic heterocycles. The van der Waals surface area contributed by atoms with Crippen molar-refractivity contribution in [2.24, 2.45) is 0 Å². The molecular weight excluding hydrogens is 404 g/mol. The van der Waals surface area contributed by atoms with Gasteiger partial charge in [0.15, 0.2) is 11.5 Å². The van der Waals surface area contributed by atoms with E-state index >= 15 is 0 Å². The summed E-state index contributed by atoms with van der Waals surface area (Å²) in [7, 11) is 0. The van der Waals surface area contributed by atoms with Crippen LogP contribution in [0.15, 0.2) is 29.1 Å². The van der Waals surface area contributed by atoms with E-state index in [2.05, 4.69) is 25.7 Å². The number of anilines is 1. The maximum absolute atomic E-state index is 12.4. The lowest BCUT2D eigenvalue weighted by Crippen LogP contribution is -2.35. The zero-order valence-electron chi connectivity index (χ0n) is 17.1. The number of carbonyl (C=O) groups is 2.